The lowest BCUT2D eigenvalue weighted by atomic mass is 9.92. The van der Waals surface area contributed by atoms with Crippen LogP contribution < -0.4 is 4.90 Å². The summed E-state index contributed by atoms with van der Waals surface area (Å²) in [4.78, 5) is 14.0. The topological polar surface area (TPSA) is 44.8 Å². The van der Waals surface area contributed by atoms with E-state index in [0.29, 0.717) is 6.04 Å². The van der Waals surface area contributed by atoms with Crippen molar-refractivity contribution in [3.63, 3.8) is 0 Å². The monoisotopic (exact) mass is 202 g/mol. The molecule has 1 aliphatic carbocycles. The number of hydrogen-bond donors (Lipinski definition) is 1. The summed E-state index contributed by atoms with van der Waals surface area (Å²) in [7, 11) is 2.12. The van der Waals surface area contributed by atoms with Crippen molar-refractivity contribution in [1.29, 1.82) is 0 Å². The van der Waals surface area contributed by atoms with Crippen molar-refractivity contribution in [2.24, 2.45) is 0 Å². The van der Waals surface area contributed by atoms with E-state index in [2.05, 4.69) is 26.9 Å². The normalized spacial score (nSPS) is 16.6. The van der Waals surface area contributed by atoms with Gasteiger partial charge in [0.15, 0.2) is 0 Å². The summed E-state index contributed by atoms with van der Waals surface area (Å²) in [6.45, 7) is 0. The molecule has 1 saturated carbocycles. The fourth-order valence-corrected chi connectivity index (χ4v) is 2.09. The van der Waals surface area contributed by atoms with E-state index in [0.717, 1.165) is 16.9 Å². The molecule has 3 rings (SSSR count). The predicted molar refractivity (Wildman–Crippen MR) is 59.9 cm³/mol. The van der Waals surface area contributed by atoms with Gasteiger partial charge in [-0.25, -0.2) is 9.97 Å². The molecule has 4 nitrogen and oxygen atoms in total. The van der Waals surface area contributed by atoms with E-state index in [-0.39, 0.29) is 0 Å². The lowest BCUT2D eigenvalue weighted by Gasteiger charge is -2.35. The molecule has 15 heavy (non-hydrogen) atoms. The fourth-order valence-electron chi connectivity index (χ4n) is 2.09. The largest absolute Gasteiger partial charge is 0.356 e. The molecule has 2 heterocycles. The van der Waals surface area contributed by atoms with E-state index in [4.69, 9.17) is 0 Å². The number of nitrogens with one attached hydrogen (secondary N) is 1. The number of H-pyrrole nitrogens is 1. The van der Waals surface area contributed by atoms with Gasteiger partial charge >= 0.3 is 0 Å². The third-order valence-electron chi connectivity index (χ3n) is 3.29. The molecule has 0 aliphatic heterocycles. The van der Waals surface area contributed by atoms with Gasteiger partial charge in [0.05, 0.1) is 5.39 Å². The third kappa shape index (κ3) is 1.28. The molecule has 1 aliphatic rings. The van der Waals surface area contributed by atoms with Crippen molar-refractivity contribution in [3.8, 4) is 0 Å². The first-order valence-electron chi connectivity index (χ1n) is 5.37. The Hall–Kier alpha value is -1.58. The number of nitrogens with zero attached hydrogens (tertiary/aromatic N) is 3. The summed E-state index contributed by atoms with van der Waals surface area (Å²) in [6, 6.07) is 2.71. The van der Waals surface area contributed by atoms with Crippen molar-refractivity contribution < 1.29 is 0 Å². The summed E-state index contributed by atoms with van der Waals surface area (Å²) in [6.07, 6.45) is 7.45. The molecule has 0 atom stereocenters. The van der Waals surface area contributed by atoms with Gasteiger partial charge in [0.25, 0.3) is 0 Å². The minimum atomic E-state index is 0.665. The Morgan fingerprint density at radius 3 is 3.00 bits per heavy atom. The number of aromatic nitrogens is 3. The second-order valence-corrected chi connectivity index (χ2v) is 4.13. The molecule has 1 fully saturated rings. The highest BCUT2D eigenvalue weighted by Gasteiger charge is 2.24. The minimum Gasteiger partial charge on any atom is -0.356 e. The van der Waals surface area contributed by atoms with Crippen LogP contribution in [0.4, 0.5) is 5.82 Å². The number of aromatic amines is 1. The first-order valence-corrected chi connectivity index (χ1v) is 5.37. The van der Waals surface area contributed by atoms with Crippen LogP contribution in [-0.2, 0) is 0 Å². The molecule has 1 N–H and O–H groups in total. The summed E-state index contributed by atoms with van der Waals surface area (Å²) in [5.74, 6) is 1.05. The first kappa shape index (κ1) is 8.71. The zero-order chi connectivity index (χ0) is 10.3. The van der Waals surface area contributed by atoms with E-state index in [1.165, 1.54) is 19.3 Å². The fraction of sp³-hybridized carbons (Fsp3) is 0.455. The van der Waals surface area contributed by atoms with Gasteiger partial charge in [-0.1, -0.05) is 0 Å². The van der Waals surface area contributed by atoms with E-state index >= 15 is 0 Å². The maximum Gasteiger partial charge on any atom is 0.142 e. The standard InChI is InChI=1S/C11H14N4/c1-15(8-3-2-4-8)11-9-5-6-12-10(9)13-7-14-11/h5-8H,2-4H2,1H3,(H,12,13,14). The van der Waals surface area contributed by atoms with Crippen LogP contribution in [0.25, 0.3) is 11.0 Å². The van der Waals surface area contributed by atoms with Crippen molar-refractivity contribution in [2.75, 3.05) is 11.9 Å². The molecule has 0 aromatic carbocycles. The molecule has 0 saturated heterocycles. The maximum absolute atomic E-state index is 4.38. The van der Waals surface area contributed by atoms with Gasteiger partial charge in [-0.15, -0.1) is 0 Å². The molecule has 0 unspecified atom stereocenters. The molecule has 0 radical (unpaired) electrons. The van der Waals surface area contributed by atoms with Crippen molar-refractivity contribution >= 4 is 16.9 Å². The van der Waals surface area contributed by atoms with Crippen LogP contribution in [0.3, 0.4) is 0 Å². The first-order chi connectivity index (χ1) is 7.36. The molecule has 2 aromatic heterocycles. The lowest BCUT2D eigenvalue weighted by Crippen LogP contribution is -2.37. The van der Waals surface area contributed by atoms with Crippen LogP contribution >= 0.6 is 0 Å². The van der Waals surface area contributed by atoms with E-state index in [9.17, 15) is 0 Å². The average Bonchev–Trinajstić information content (AvgIpc) is 2.61. The molecular formula is C11H14N4. The summed E-state index contributed by atoms with van der Waals surface area (Å²) in [5, 5.41) is 1.12. The molecule has 0 spiro atoms. The van der Waals surface area contributed by atoms with Crippen molar-refractivity contribution in [1.82, 2.24) is 15.0 Å². The maximum atomic E-state index is 4.38. The lowest BCUT2D eigenvalue weighted by molar-refractivity contribution is 0.400. The number of hydrogen-bond acceptors (Lipinski definition) is 3. The summed E-state index contributed by atoms with van der Waals surface area (Å²) < 4.78 is 0. The summed E-state index contributed by atoms with van der Waals surface area (Å²) in [5.41, 5.74) is 0.922. The zero-order valence-electron chi connectivity index (χ0n) is 8.77. The Kier molecular flexibility index (Phi) is 1.87. The molecule has 2 aromatic rings. The van der Waals surface area contributed by atoms with Gasteiger partial charge in [0, 0.05) is 19.3 Å². The number of rotatable bonds is 2. The molecule has 0 amide bonds. The van der Waals surface area contributed by atoms with Crippen LogP contribution in [0.15, 0.2) is 18.6 Å². The minimum absolute atomic E-state index is 0.665. The van der Waals surface area contributed by atoms with Gasteiger partial charge in [-0.05, 0) is 25.3 Å². The van der Waals surface area contributed by atoms with Gasteiger partial charge in [-0.2, -0.15) is 0 Å². The Labute approximate surface area is 88.3 Å². The Morgan fingerprint density at radius 1 is 1.40 bits per heavy atom. The zero-order valence-corrected chi connectivity index (χ0v) is 8.77. The van der Waals surface area contributed by atoms with Crippen LogP contribution in [0.2, 0.25) is 0 Å². The highest BCUT2D eigenvalue weighted by Crippen LogP contribution is 2.30. The molecule has 78 valence electrons. The van der Waals surface area contributed by atoms with E-state index in [1.54, 1.807) is 6.33 Å². The molecular weight excluding hydrogens is 188 g/mol. The smallest absolute Gasteiger partial charge is 0.142 e. The van der Waals surface area contributed by atoms with Gasteiger partial charge in [0.1, 0.15) is 17.8 Å². The van der Waals surface area contributed by atoms with Crippen LogP contribution in [0.5, 0.6) is 0 Å². The van der Waals surface area contributed by atoms with Gasteiger partial charge in [0.2, 0.25) is 0 Å². The van der Waals surface area contributed by atoms with Crippen LogP contribution in [0.1, 0.15) is 19.3 Å². The number of anilines is 1. The second-order valence-electron chi connectivity index (χ2n) is 4.13. The highest BCUT2D eigenvalue weighted by atomic mass is 15.2. The van der Waals surface area contributed by atoms with Crippen LogP contribution in [0, 0.1) is 0 Å². The molecule has 0 bridgehead atoms. The Bertz CT molecular complexity index is 472. The van der Waals surface area contributed by atoms with Gasteiger partial charge < -0.3 is 9.88 Å². The third-order valence-corrected chi connectivity index (χ3v) is 3.29. The average molecular weight is 202 g/mol. The molecule has 4 heteroatoms. The quantitative estimate of drug-likeness (QED) is 0.809. The Balaban J connectivity index is 2.05. The van der Waals surface area contributed by atoms with E-state index < -0.39 is 0 Å². The Morgan fingerprint density at radius 2 is 2.27 bits per heavy atom. The summed E-state index contributed by atoms with van der Waals surface area (Å²) >= 11 is 0. The van der Waals surface area contributed by atoms with Gasteiger partial charge in [-0.3, -0.25) is 0 Å². The van der Waals surface area contributed by atoms with Crippen molar-refractivity contribution in [3.05, 3.63) is 18.6 Å². The highest BCUT2D eigenvalue weighted by molar-refractivity contribution is 5.87. The second kappa shape index (κ2) is 3.22. The number of fused-ring (bicyclic) bond motifs is 1. The predicted octanol–water partition coefficient (Wildman–Crippen LogP) is 1.95. The SMILES string of the molecule is CN(c1ncnc2[nH]ccc12)C1CCC1. The van der Waals surface area contributed by atoms with Crippen LogP contribution in [-0.4, -0.2) is 28.0 Å². The van der Waals surface area contributed by atoms with Crippen molar-refractivity contribution in [2.45, 2.75) is 25.3 Å². The van der Waals surface area contributed by atoms with E-state index in [1.807, 2.05) is 12.3 Å².